The first-order chi connectivity index (χ1) is 15.7. The maximum absolute atomic E-state index is 12.3. The molecular weight excluding hydrogens is 641 g/mol. The van der Waals surface area contributed by atoms with Crippen LogP contribution in [0.25, 0.3) is 0 Å². The Morgan fingerprint density at radius 2 is 1.56 bits per heavy atom. The van der Waals surface area contributed by atoms with Gasteiger partial charge in [0.25, 0.3) is 0 Å². The lowest BCUT2D eigenvalue weighted by Crippen LogP contribution is -2.57. The summed E-state index contributed by atoms with van der Waals surface area (Å²) in [5, 5.41) is 2.68. The maximum Gasteiger partial charge on any atom is 0.325 e. The van der Waals surface area contributed by atoms with E-state index >= 15 is 0 Å². The Morgan fingerprint density at radius 3 is 2.03 bits per heavy atom. The molecular formula is C19H19BrCl6N4O4. The van der Waals surface area contributed by atoms with Crippen molar-refractivity contribution in [2.45, 2.75) is 26.0 Å². The van der Waals surface area contributed by atoms with E-state index in [1.807, 2.05) is 0 Å². The number of ether oxygens (including phenoxy) is 2. The largest absolute Gasteiger partial charge is 0.465 e. The summed E-state index contributed by atoms with van der Waals surface area (Å²) in [7, 11) is 0. The van der Waals surface area contributed by atoms with Crippen LogP contribution < -0.4 is 10.2 Å². The van der Waals surface area contributed by atoms with Crippen LogP contribution in [0.5, 0.6) is 0 Å². The van der Waals surface area contributed by atoms with Crippen molar-refractivity contribution in [3.8, 4) is 0 Å². The average Bonchev–Trinajstić information content (AvgIpc) is 2.72. The molecule has 1 aliphatic heterocycles. The third-order valence-corrected chi connectivity index (χ3v) is 7.15. The summed E-state index contributed by atoms with van der Waals surface area (Å²) in [6.45, 7) is 3.14. The Balaban J connectivity index is 2.65. The summed E-state index contributed by atoms with van der Waals surface area (Å²) >= 11 is 39.8. The van der Waals surface area contributed by atoms with Gasteiger partial charge in [0.15, 0.2) is 11.7 Å². The molecule has 0 fully saturated rings. The molecule has 188 valence electrons. The number of carbonyl (C=O) groups is 2. The fourth-order valence-electron chi connectivity index (χ4n) is 2.77. The zero-order valence-electron chi connectivity index (χ0n) is 17.8. The van der Waals surface area contributed by atoms with Crippen molar-refractivity contribution in [3.05, 3.63) is 29.8 Å². The Hall–Kier alpha value is -0.680. The van der Waals surface area contributed by atoms with Crippen molar-refractivity contribution in [1.29, 1.82) is 0 Å². The van der Waals surface area contributed by atoms with Crippen LogP contribution in [-0.4, -0.2) is 62.1 Å². The maximum atomic E-state index is 12.3. The number of esters is 2. The molecule has 0 bridgehead atoms. The monoisotopic (exact) mass is 656 g/mol. The van der Waals surface area contributed by atoms with E-state index in [1.165, 1.54) is 4.90 Å². The summed E-state index contributed by atoms with van der Waals surface area (Å²) in [4.78, 5) is 34.7. The van der Waals surface area contributed by atoms with Gasteiger partial charge in [-0.25, -0.2) is 9.98 Å². The summed E-state index contributed by atoms with van der Waals surface area (Å²) in [5.41, 5.74) is 0.735. The number of amidine groups is 2. The molecule has 1 atom stereocenters. The molecule has 8 nitrogen and oxygen atoms in total. The zero-order valence-corrected chi connectivity index (χ0v) is 23.9. The van der Waals surface area contributed by atoms with E-state index < -0.39 is 24.1 Å². The van der Waals surface area contributed by atoms with Gasteiger partial charge in [-0.05, 0) is 41.9 Å². The standard InChI is InChI=1S/C19H19BrCl6N4O4/c1-3-33-13(31)9-30(10-14(32)34-4-2)12-8-6-5-7-11(12)15-27-16(17(21,22)23)29-18(20,28-15)19(24,25)26/h5-8H,3-4,9-10H2,1-2H3,(H,27,28,29). The predicted molar refractivity (Wildman–Crippen MR) is 141 cm³/mol. The summed E-state index contributed by atoms with van der Waals surface area (Å²) in [6.07, 6.45) is 0. The van der Waals surface area contributed by atoms with E-state index in [2.05, 4.69) is 31.2 Å². The molecule has 1 unspecified atom stereocenters. The van der Waals surface area contributed by atoms with E-state index in [-0.39, 0.29) is 38.0 Å². The highest BCUT2D eigenvalue weighted by molar-refractivity contribution is 9.10. The fraction of sp³-hybridized carbons (Fsp3) is 0.474. The number of benzene rings is 1. The van der Waals surface area contributed by atoms with Gasteiger partial charge in [-0.3, -0.25) is 9.59 Å². The first-order valence-electron chi connectivity index (χ1n) is 9.67. The summed E-state index contributed by atoms with van der Waals surface area (Å²) < 4.78 is 4.25. The van der Waals surface area contributed by atoms with E-state index in [4.69, 9.17) is 79.1 Å². The van der Waals surface area contributed by atoms with Gasteiger partial charge >= 0.3 is 11.9 Å². The Labute approximate surface area is 235 Å². The summed E-state index contributed by atoms with van der Waals surface area (Å²) in [5.74, 6) is -1.30. The van der Waals surface area contributed by atoms with Crippen LogP contribution in [0.1, 0.15) is 19.4 Å². The lowest BCUT2D eigenvalue weighted by Gasteiger charge is -2.37. The second kappa shape index (κ2) is 12.0. The van der Waals surface area contributed by atoms with Crippen molar-refractivity contribution in [3.63, 3.8) is 0 Å². The highest BCUT2D eigenvalue weighted by atomic mass is 79.9. The minimum atomic E-state index is -2.06. The summed E-state index contributed by atoms with van der Waals surface area (Å²) in [6, 6.07) is 6.66. The average molecular weight is 660 g/mol. The third-order valence-electron chi connectivity index (χ3n) is 4.14. The van der Waals surface area contributed by atoms with E-state index in [9.17, 15) is 9.59 Å². The molecule has 34 heavy (non-hydrogen) atoms. The number of carbonyl (C=O) groups excluding carboxylic acids is 2. The fourth-order valence-corrected chi connectivity index (χ4v) is 3.66. The Morgan fingerprint density at radius 1 is 1.03 bits per heavy atom. The number of alkyl halides is 7. The number of halogens is 7. The van der Waals surface area contributed by atoms with Gasteiger partial charge < -0.3 is 19.7 Å². The molecule has 0 radical (unpaired) electrons. The van der Waals surface area contributed by atoms with Crippen LogP contribution in [0.3, 0.4) is 0 Å². The molecule has 1 heterocycles. The highest BCUT2D eigenvalue weighted by Gasteiger charge is 2.52. The Kier molecular flexibility index (Phi) is 10.5. The van der Waals surface area contributed by atoms with E-state index in [1.54, 1.807) is 38.1 Å². The van der Waals surface area contributed by atoms with Crippen LogP contribution in [0.15, 0.2) is 34.3 Å². The molecule has 0 saturated heterocycles. The van der Waals surface area contributed by atoms with Gasteiger partial charge in [-0.2, -0.15) is 0 Å². The van der Waals surface area contributed by atoms with Gasteiger partial charge in [0, 0.05) is 11.3 Å². The third kappa shape index (κ3) is 7.66. The predicted octanol–water partition coefficient (Wildman–Crippen LogP) is 5.16. The molecule has 0 amide bonds. The molecule has 1 N–H and O–H groups in total. The van der Waals surface area contributed by atoms with Crippen LogP contribution in [0.4, 0.5) is 5.69 Å². The van der Waals surface area contributed by atoms with Crippen molar-refractivity contribution < 1.29 is 19.1 Å². The number of anilines is 1. The van der Waals surface area contributed by atoms with Crippen LogP contribution in [-0.2, 0) is 19.1 Å². The van der Waals surface area contributed by atoms with Gasteiger partial charge in [0.05, 0.1) is 13.2 Å². The van der Waals surface area contributed by atoms with Crippen molar-refractivity contribution in [1.82, 2.24) is 5.32 Å². The molecule has 1 aromatic rings. The molecule has 0 aliphatic carbocycles. The molecule has 2 rings (SSSR count). The topological polar surface area (TPSA) is 92.6 Å². The normalized spacial score (nSPS) is 18.4. The minimum absolute atomic E-state index is 0.00315. The second-order valence-corrected chi connectivity index (χ2v) is 12.3. The van der Waals surface area contributed by atoms with Crippen LogP contribution in [0, 0.1) is 0 Å². The number of nitrogens with one attached hydrogen (secondary N) is 1. The van der Waals surface area contributed by atoms with Gasteiger partial charge in [-0.1, -0.05) is 81.7 Å². The Bertz CT molecular complexity index is 962. The molecule has 0 aromatic heterocycles. The zero-order chi connectivity index (χ0) is 25.7. The number of hydrogen-bond donors (Lipinski definition) is 1. The first kappa shape index (κ1) is 29.5. The lowest BCUT2D eigenvalue weighted by molar-refractivity contribution is -0.142. The lowest BCUT2D eigenvalue weighted by atomic mass is 10.1. The van der Waals surface area contributed by atoms with E-state index in [0.29, 0.717) is 11.3 Å². The second-order valence-electron chi connectivity index (χ2n) is 6.62. The van der Waals surface area contributed by atoms with Crippen molar-refractivity contribution >= 4 is 115 Å². The number of para-hydroxylation sites is 1. The van der Waals surface area contributed by atoms with Crippen molar-refractivity contribution in [2.24, 2.45) is 9.98 Å². The molecule has 1 aromatic carbocycles. The number of aliphatic imine (C=N–C) groups is 2. The highest BCUT2D eigenvalue weighted by Crippen LogP contribution is 2.46. The van der Waals surface area contributed by atoms with Gasteiger partial charge in [0.1, 0.15) is 13.1 Å². The van der Waals surface area contributed by atoms with Gasteiger partial charge in [-0.15, -0.1) is 0 Å². The van der Waals surface area contributed by atoms with Crippen molar-refractivity contribution in [2.75, 3.05) is 31.2 Å². The van der Waals surface area contributed by atoms with Crippen LogP contribution >= 0.6 is 85.5 Å². The SMILES string of the molecule is CCOC(=O)CN(CC(=O)OCC)c1ccccc1C1=NC(Br)(C(Cl)(Cl)Cl)NC(C(Cl)(Cl)Cl)=N1. The minimum Gasteiger partial charge on any atom is -0.465 e. The molecule has 0 spiro atoms. The quantitative estimate of drug-likeness (QED) is 0.236. The number of nitrogens with zero attached hydrogens (tertiary/aromatic N) is 3. The van der Waals surface area contributed by atoms with E-state index in [0.717, 1.165) is 0 Å². The molecule has 0 saturated carbocycles. The molecule has 1 aliphatic rings. The smallest absolute Gasteiger partial charge is 0.325 e. The number of rotatable bonds is 8. The number of hydrogen-bond acceptors (Lipinski definition) is 8. The first-order valence-corrected chi connectivity index (χ1v) is 12.7. The van der Waals surface area contributed by atoms with Crippen LogP contribution in [0.2, 0.25) is 0 Å². The van der Waals surface area contributed by atoms with Gasteiger partial charge in [0.2, 0.25) is 12.2 Å². The molecule has 15 heteroatoms.